The molecule has 94 valence electrons. The fourth-order valence-corrected chi connectivity index (χ4v) is 1.83. The van der Waals surface area contributed by atoms with Crippen LogP contribution in [0.1, 0.15) is 18.2 Å². The van der Waals surface area contributed by atoms with Crippen LogP contribution in [0.3, 0.4) is 0 Å². The maximum atomic E-state index is 5.85. The molecule has 1 aromatic heterocycles. The van der Waals surface area contributed by atoms with Crippen molar-refractivity contribution in [2.45, 2.75) is 19.2 Å². The summed E-state index contributed by atoms with van der Waals surface area (Å²) in [5.74, 6) is 1.72. The van der Waals surface area contributed by atoms with Gasteiger partial charge in [-0.1, -0.05) is 18.5 Å². The van der Waals surface area contributed by atoms with Gasteiger partial charge in [0.05, 0.1) is 0 Å². The number of hydrogen-bond acceptors (Lipinski definition) is 2. The summed E-state index contributed by atoms with van der Waals surface area (Å²) < 4.78 is 5.69. The number of hydrogen-bond donors (Lipinski definition) is 0. The molecule has 4 heteroatoms. The summed E-state index contributed by atoms with van der Waals surface area (Å²) in [6, 6.07) is 11.0. The van der Waals surface area contributed by atoms with E-state index in [4.69, 9.17) is 27.9 Å². The van der Waals surface area contributed by atoms with Gasteiger partial charge in [-0.2, -0.15) is 0 Å². The first-order valence-electron chi connectivity index (χ1n) is 5.70. The zero-order valence-corrected chi connectivity index (χ0v) is 11.5. The molecule has 0 radical (unpaired) electrons. The molecule has 0 fully saturated rings. The van der Waals surface area contributed by atoms with Crippen molar-refractivity contribution in [3.63, 3.8) is 0 Å². The molecule has 18 heavy (non-hydrogen) atoms. The van der Waals surface area contributed by atoms with E-state index in [1.54, 1.807) is 12.1 Å². The summed E-state index contributed by atoms with van der Waals surface area (Å²) in [6.45, 7) is 2.05. The van der Waals surface area contributed by atoms with Crippen LogP contribution in [0.2, 0.25) is 5.02 Å². The number of halogens is 2. The first-order valence-corrected chi connectivity index (χ1v) is 6.61. The van der Waals surface area contributed by atoms with Crippen LogP contribution in [0, 0.1) is 0 Å². The van der Waals surface area contributed by atoms with E-state index in [0.717, 1.165) is 17.7 Å². The summed E-state index contributed by atoms with van der Waals surface area (Å²) in [4.78, 5) is 4.40. The van der Waals surface area contributed by atoms with E-state index >= 15 is 0 Å². The molecule has 0 aliphatic rings. The first-order chi connectivity index (χ1) is 8.71. The van der Waals surface area contributed by atoms with Gasteiger partial charge in [0, 0.05) is 22.7 Å². The number of ether oxygens (including phenoxy) is 1. The quantitative estimate of drug-likeness (QED) is 0.749. The van der Waals surface area contributed by atoms with Crippen molar-refractivity contribution in [1.82, 2.24) is 4.98 Å². The van der Waals surface area contributed by atoms with Crippen molar-refractivity contribution in [2.75, 3.05) is 0 Å². The number of aromatic nitrogens is 1. The molecule has 0 amide bonds. The molecule has 2 nitrogen and oxygen atoms in total. The van der Waals surface area contributed by atoms with Crippen molar-refractivity contribution in [1.29, 1.82) is 0 Å². The molecule has 0 atom stereocenters. The molecule has 2 rings (SSSR count). The molecule has 0 unspecified atom stereocenters. The molecule has 0 aliphatic carbocycles. The summed E-state index contributed by atoms with van der Waals surface area (Å²) in [5, 5.41) is 0.680. The van der Waals surface area contributed by atoms with Crippen LogP contribution in [-0.2, 0) is 12.3 Å². The maximum Gasteiger partial charge on any atom is 0.219 e. The summed E-state index contributed by atoms with van der Waals surface area (Å²) in [6.07, 6.45) is 0.849. The van der Waals surface area contributed by atoms with Gasteiger partial charge in [-0.15, -0.1) is 11.6 Å². The van der Waals surface area contributed by atoms with E-state index in [1.165, 1.54) is 0 Å². The first kappa shape index (κ1) is 13.2. The smallest absolute Gasteiger partial charge is 0.219 e. The average Bonchev–Trinajstić information content (AvgIpc) is 2.41. The predicted molar refractivity (Wildman–Crippen MR) is 74.7 cm³/mol. The number of aryl methyl sites for hydroxylation is 1. The lowest BCUT2D eigenvalue weighted by atomic mass is 10.2. The Labute approximate surface area is 117 Å². The van der Waals surface area contributed by atoms with Crippen molar-refractivity contribution in [3.8, 4) is 11.6 Å². The Bertz CT molecular complexity index is 504. The van der Waals surface area contributed by atoms with Crippen LogP contribution in [-0.4, -0.2) is 4.98 Å². The third-order valence-corrected chi connectivity index (χ3v) is 3.03. The highest BCUT2D eigenvalue weighted by Gasteiger charge is 2.04. The van der Waals surface area contributed by atoms with E-state index in [1.807, 2.05) is 31.2 Å². The zero-order chi connectivity index (χ0) is 13.0. The molecule has 0 spiro atoms. The second kappa shape index (κ2) is 6.07. The number of alkyl halides is 1. The molecule has 1 aromatic carbocycles. The Morgan fingerprint density at radius 3 is 2.50 bits per heavy atom. The van der Waals surface area contributed by atoms with Crippen LogP contribution >= 0.6 is 23.2 Å². The molecule has 0 bridgehead atoms. The lowest BCUT2D eigenvalue weighted by molar-refractivity contribution is 0.460. The lowest BCUT2D eigenvalue weighted by Crippen LogP contribution is -1.94. The molecule has 0 saturated heterocycles. The molecule has 2 aromatic rings. The monoisotopic (exact) mass is 281 g/mol. The van der Waals surface area contributed by atoms with Crippen LogP contribution in [0.4, 0.5) is 0 Å². The van der Waals surface area contributed by atoms with Gasteiger partial charge in [-0.3, -0.25) is 0 Å². The minimum Gasteiger partial charge on any atom is -0.439 e. The van der Waals surface area contributed by atoms with Gasteiger partial charge in [0.15, 0.2) is 0 Å². The molecule has 0 N–H and O–H groups in total. The van der Waals surface area contributed by atoms with E-state index in [9.17, 15) is 0 Å². The van der Waals surface area contributed by atoms with Crippen molar-refractivity contribution >= 4 is 23.2 Å². The van der Waals surface area contributed by atoms with Gasteiger partial charge in [-0.25, -0.2) is 4.98 Å². The third-order valence-electron chi connectivity index (χ3n) is 2.47. The summed E-state index contributed by atoms with van der Waals surface area (Å²) >= 11 is 11.7. The maximum absolute atomic E-state index is 5.85. The lowest BCUT2D eigenvalue weighted by Gasteiger charge is -2.08. The highest BCUT2D eigenvalue weighted by atomic mass is 35.5. The Morgan fingerprint density at radius 2 is 1.89 bits per heavy atom. The average molecular weight is 282 g/mol. The van der Waals surface area contributed by atoms with Crippen molar-refractivity contribution in [2.24, 2.45) is 0 Å². The topological polar surface area (TPSA) is 22.1 Å². The van der Waals surface area contributed by atoms with Gasteiger partial charge in [0.2, 0.25) is 5.88 Å². The van der Waals surface area contributed by atoms with Gasteiger partial charge >= 0.3 is 0 Å². The number of nitrogens with zero attached hydrogens (tertiary/aromatic N) is 1. The van der Waals surface area contributed by atoms with Gasteiger partial charge in [0.25, 0.3) is 0 Å². The fourth-order valence-electron chi connectivity index (χ4n) is 1.55. The van der Waals surface area contributed by atoms with E-state index in [2.05, 4.69) is 4.98 Å². The van der Waals surface area contributed by atoms with Crippen LogP contribution < -0.4 is 4.74 Å². The Hall–Kier alpha value is -1.25. The Balaban J connectivity index is 2.25. The fraction of sp³-hybridized carbons (Fsp3) is 0.214. The van der Waals surface area contributed by atoms with Gasteiger partial charge < -0.3 is 4.74 Å². The third kappa shape index (κ3) is 3.37. The van der Waals surface area contributed by atoms with E-state index in [0.29, 0.717) is 22.5 Å². The van der Waals surface area contributed by atoms with Crippen molar-refractivity contribution in [3.05, 3.63) is 52.7 Å². The van der Waals surface area contributed by atoms with Crippen molar-refractivity contribution < 1.29 is 4.74 Å². The van der Waals surface area contributed by atoms with Crippen LogP contribution in [0.15, 0.2) is 36.4 Å². The second-order valence-electron chi connectivity index (χ2n) is 3.85. The van der Waals surface area contributed by atoms with E-state index < -0.39 is 0 Å². The zero-order valence-electron chi connectivity index (χ0n) is 9.99. The molecule has 1 heterocycles. The molecular weight excluding hydrogens is 269 g/mol. The van der Waals surface area contributed by atoms with Crippen LogP contribution in [0.25, 0.3) is 0 Å². The second-order valence-corrected chi connectivity index (χ2v) is 4.55. The SMILES string of the molecule is CCc1cc(CCl)cc(Oc2ccc(Cl)cc2)n1. The molecule has 0 aliphatic heterocycles. The molecule has 0 saturated carbocycles. The van der Waals surface area contributed by atoms with Gasteiger partial charge in [-0.05, 0) is 42.3 Å². The molecular formula is C14H13Cl2NO. The van der Waals surface area contributed by atoms with Crippen LogP contribution in [0.5, 0.6) is 11.6 Å². The Morgan fingerprint density at radius 1 is 1.17 bits per heavy atom. The number of benzene rings is 1. The van der Waals surface area contributed by atoms with Gasteiger partial charge in [0.1, 0.15) is 5.75 Å². The minimum atomic E-state index is 0.451. The number of pyridine rings is 1. The summed E-state index contributed by atoms with van der Waals surface area (Å²) in [7, 11) is 0. The largest absolute Gasteiger partial charge is 0.439 e. The minimum absolute atomic E-state index is 0.451. The Kier molecular flexibility index (Phi) is 4.45. The standard InChI is InChI=1S/C14H13Cl2NO/c1-2-12-7-10(9-15)8-14(17-12)18-13-5-3-11(16)4-6-13/h3-8H,2,9H2,1H3. The number of rotatable bonds is 4. The summed E-state index contributed by atoms with van der Waals surface area (Å²) in [5.41, 5.74) is 1.98. The highest BCUT2D eigenvalue weighted by Crippen LogP contribution is 2.23. The highest BCUT2D eigenvalue weighted by molar-refractivity contribution is 6.30. The normalized spacial score (nSPS) is 10.4. The predicted octanol–water partition coefficient (Wildman–Crippen LogP) is 4.83. The van der Waals surface area contributed by atoms with E-state index in [-0.39, 0.29) is 0 Å².